The summed E-state index contributed by atoms with van der Waals surface area (Å²) in [7, 11) is 0. The molecule has 4 saturated heterocycles. The van der Waals surface area contributed by atoms with Gasteiger partial charge in [-0.3, -0.25) is 0 Å². The summed E-state index contributed by atoms with van der Waals surface area (Å²) in [5.74, 6) is -0.725. The third-order valence-electron chi connectivity index (χ3n) is 13.9. The van der Waals surface area contributed by atoms with Crippen LogP contribution in [-0.4, -0.2) is 46.1 Å². The fourth-order valence-electron chi connectivity index (χ4n) is 11.0. The van der Waals surface area contributed by atoms with Crippen molar-refractivity contribution in [3.8, 4) is 0 Å². The first-order valence-electron chi connectivity index (χ1n) is 20.8. The molecule has 4 aliphatic heterocycles. The second kappa shape index (κ2) is 13.6. The molecule has 1 spiro atoms. The molecule has 0 saturated carbocycles. The number of hydrogen-bond donors (Lipinski definition) is 4. The van der Waals surface area contributed by atoms with Crippen molar-refractivity contribution in [1.29, 1.82) is 0 Å². The van der Waals surface area contributed by atoms with E-state index < -0.39 is 35.4 Å². The Morgan fingerprint density at radius 3 is 1.74 bits per heavy atom. The van der Waals surface area contributed by atoms with Gasteiger partial charge in [-0.25, -0.2) is 27.5 Å². The zero-order valence-corrected chi connectivity index (χ0v) is 31.8. The monoisotopic (exact) mass is 774 g/mol. The lowest BCUT2D eigenvalue weighted by Gasteiger charge is -2.41. The first-order valence-corrected chi connectivity index (χ1v) is 20.8. The summed E-state index contributed by atoms with van der Waals surface area (Å²) < 4.78 is 65.9. The molecule has 4 atom stereocenters. The van der Waals surface area contributed by atoms with Crippen LogP contribution in [-0.2, 0) is 11.8 Å². The van der Waals surface area contributed by atoms with E-state index in [0.29, 0.717) is 59.1 Å². The van der Waals surface area contributed by atoms with Crippen LogP contribution in [0.5, 0.6) is 0 Å². The van der Waals surface area contributed by atoms with E-state index in [4.69, 9.17) is 9.97 Å². The van der Waals surface area contributed by atoms with E-state index in [1.54, 1.807) is 12.1 Å². The largest absolute Gasteiger partial charge is 0.367 e. The minimum absolute atomic E-state index is 0.0385. The number of nitrogens with zero attached hydrogens (tertiary/aromatic N) is 4. The molecule has 294 valence electrons. The van der Waals surface area contributed by atoms with Gasteiger partial charge in [0.2, 0.25) is 0 Å². The van der Waals surface area contributed by atoms with E-state index in [1.165, 1.54) is 35.4 Å². The Morgan fingerprint density at radius 1 is 0.632 bits per heavy atom. The van der Waals surface area contributed by atoms with Gasteiger partial charge in [-0.1, -0.05) is 24.3 Å². The molecule has 4 N–H and O–H groups in total. The normalized spacial score (nSPS) is 24.5. The lowest BCUT2D eigenvalue weighted by molar-refractivity contribution is 0.327. The molecule has 4 aromatic carbocycles. The Kier molecular flexibility index (Phi) is 8.40. The molecule has 4 fully saturated rings. The summed E-state index contributed by atoms with van der Waals surface area (Å²) in [6, 6.07) is 16.6. The smallest absolute Gasteiger partial charge is 0.151 e. The van der Waals surface area contributed by atoms with Crippen LogP contribution < -0.4 is 20.4 Å². The number of fused-ring (bicyclic) bond motifs is 4. The van der Waals surface area contributed by atoms with E-state index in [1.807, 2.05) is 9.80 Å². The number of aromatic nitrogens is 4. The van der Waals surface area contributed by atoms with Crippen molar-refractivity contribution in [1.82, 2.24) is 30.6 Å². The van der Waals surface area contributed by atoms with Gasteiger partial charge in [0.05, 0.1) is 46.2 Å². The van der Waals surface area contributed by atoms with Crippen LogP contribution in [0.25, 0.3) is 22.1 Å². The van der Waals surface area contributed by atoms with Gasteiger partial charge in [-0.15, -0.1) is 0 Å². The fourth-order valence-corrected chi connectivity index (χ4v) is 11.0. The Labute approximate surface area is 328 Å². The number of rotatable bonds is 6. The highest BCUT2D eigenvalue weighted by molar-refractivity contribution is 5.78. The number of aromatic amines is 2. The quantitative estimate of drug-likeness (QED) is 0.126. The zero-order chi connectivity index (χ0) is 38.4. The Hall–Kier alpha value is -4.94. The summed E-state index contributed by atoms with van der Waals surface area (Å²) >= 11 is 0. The van der Waals surface area contributed by atoms with Crippen LogP contribution in [0.15, 0.2) is 60.7 Å². The van der Waals surface area contributed by atoms with Crippen molar-refractivity contribution in [3.05, 3.63) is 118 Å². The molecule has 6 aromatic rings. The van der Waals surface area contributed by atoms with Gasteiger partial charge in [0.25, 0.3) is 0 Å². The summed E-state index contributed by atoms with van der Waals surface area (Å²) in [5.41, 5.74) is 6.19. The van der Waals surface area contributed by atoms with Crippen LogP contribution >= 0.6 is 0 Å². The molecule has 1 aliphatic carbocycles. The third-order valence-corrected chi connectivity index (χ3v) is 13.9. The number of aryl methyl sites for hydroxylation is 1. The van der Waals surface area contributed by atoms with Gasteiger partial charge in [-0.05, 0) is 118 Å². The second-order valence-electron chi connectivity index (χ2n) is 17.0. The number of benzene rings is 4. The molecule has 11 rings (SSSR count). The lowest BCUT2D eigenvalue weighted by Crippen LogP contribution is -2.42. The van der Waals surface area contributed by atoms with Crippen molar-refractivity contribution in [2.45, 2.75) is 93.8 Å². The summed E-state index contributed by atoms with van der Waals surface area (Å²) in [5, 5.41) is 6.89. The molecule has 0 unspecified atom stereocenters. The van der Waals surface area contributed by atoms with Crippen molar-refractivity contribution >= 4 is 33.4 Å². The molecule has 2 aromatic heterocycles. The number of piperidine rings is 1. The van der Waals surface area contributed by atoms with Crippen molar-refractivity contribution in [3.63, 3.8) is 0 Å². The first-order chi connectivity index (χ1) is 27.8. The second-order valence-corrected chi connectivity index (χ2v) is 17.0. The highest BCUT2D eigenvalue weighted by atomic mass is 19.1. The summed E-state index contributed by atoms with van der Waals surface area (Å²) in [4.78, 5) is 19.9. The van der Waals surface area contributed by atoms with Crippen molar-refractivity contribution in [2.24, 2.45) is 0 Å². The van der Waals surface area contributed by atoms with E-state index in [0.717, 1.165) is 76.1 Å². The van der Waals surface area contributed by atoms with Crippen LogP contribution in [0.4, 0.5) is 28.9 Å². The van der Waals surface area contributed by atoms with Crippen molar-refractivity contribution < 1.29 is 17.6 Å². The lowest BCUT2D eigenvalue weighted by atomic mass is 9.74. The third kappa shape index (κ3) is 5.84. The maximum absolute atomic E-state index is 16.6. The molecular formula is C45H46F4N8. The number of nitrogens with one attached hydrogen (secondary N) is 4. The average Bonchev–Trinajstić information content (AvgIpc) is 4.07. The SMILES string of the molecule is Fc1cc2nc([C@@H]3CCCN3)[nH]c2cc1[C@H]1CC[C@H](c2cc3[nH]c([C@@H]4CCCN4)nc3cc2F)N1c1cc(F)c(N2CCC3(CCc4ccccc43)CC2)c(F)c1. The summed E-state index contributed by atoms with van der Waals surface area (Å²) in [6.45, 7) is 2.88. The fraction of sp³-hybridized carbons (Fsp3) is 0.422. The van der Waals surface area contributed by atoms with E-state index in [2.05, 4.69) is 44.9 Å². The molecular weight excluding hydrogens is 729 g/mol. The average molecular weight is 775 g/mol. The molecule has 57 heavy (non-hydrogen) atoms. The van der Waals surface area contributed by atoms with E-state index >= 15 is 17.6 Å². The van der Waals surface area contributed by atoms with Gasteiger partial charge in [-0.2, -0.15) is 0 Å². The highest BCUT2D eigenvalue weighted by Crippen LogP contribution is 2.51. The Bertz CT molecular complexity index is 2380. The van der Waals surface area contributed by atoms with Crippen LogP contribution in [0, 0.1) is 23.3 Å². The van der Waals surface area contributed by atoms with Crippen molar-refractivity contribution in [2.75, 3.05) is 36.0 Å². The highest BCUT2D eigenvalue weighted by Gasteiger charge is 2.43. The topological polar surface area (TPSA) is 87.9 Å². The number of halogens is 4. The minimum Gasteiger partial charge on any atom is -0.367 e. The number of hydrogen-bond acceptors (Lipinski definition) is 6. The van der Waals surface area contributed by atoms with E-state index in [-0.39, 0.29) is 28.9 Å². The molecule has 0 radical (unpaired) electrons. The summed E-state index contributed by atoms with van der Waals surface area (Å²) in [6.07, 6.45) is 8.58. The zero-order valence-electron chi connectivity index (χ0n) is 31.8. The van der Waals surface area contributed by atoms with Crippen LogP contribution in [0.2, 0.25) is 0 Å². The van der Waals surface area contributed by atoms with Crippen LogP contribution in [0.1, 0.15) is 116 Å². The maximum Gasteiger partial charge on any atom is 0.151 e. The molecule has 0 amide bonds. The first kappa shape index (κ1) is 35.2. The van der Waals surface area contributed by atoms with Gasteiger partial charge >= 0.3 is 0 Å². The predicted molar refractivity (Wildman–Crippen MR) is 213 cm³/mol. The number of imidazole rings is 2. The van der Waals surface area contributed by atoms with Gasteiger partial charge in [0.15, 0.2) is 11.6 Å². The predicted octanol–water partition coefficient (Wildman–Crippen LogP) is 9.41. The van der Waals surface area contributed by atoms with Gasteiger partial charge in [0.1, 0.15) is 29.0 Å². The maximum atomic E-state index is 16.6. The van der Waals surface area contributed by atoms with Gasteiger partial charge in [0, 0.05) is 42.0 Å². The molecule has 6 heterocycles. The Morgan fingerprint density at radius 2 is 1.19 bits per heavy atom. The number of anilines is 2. The molecule has 12 heteroatoms. The Balaban J connectivity index is 0.966. The van der Waals surface area contributed by atoms with Gasteiger partial charge < -0.3 is 30.4 Å². The van der Waals surface area contributed by atoms with Crippen LogP contribution in [0.3, 0.4) is 0 Å². The van der Waals surface area contributed by atoms with E-state index in [9.17, 15) is 0 Å². The molecule has 5 aliphatic rings. The molecule has 0 bridgehead atoms. The molecule has 8 nitrogen and oxygen atoms in total. The number of H-pyrrole nitrogens is 2. The standard InChI is InChI=1S/C45H46F4N8/c46-30-23-38-36(52-43(54-38)34-7-3-15-50-34)21-27(30)40-9-10-41(28-22-37-39(24-31(28)47)55-44(53-37)35-8-4-16-51-35)57(40)26-19-32(48)42(33(49)20-26)56-17-13-45(14-18-56)12-11-25-5-1-2-6-29(25)45/h1-2,5-6,19-24,34-35,40-41,50-51H,3-4,7-18H2,(H,52,54)(H,53,55)/t34-,35-,40+,41+/m0/s1. The minimum atomic E-state index is -0.673.